The first-order chi connectivity index (χ1) is 11.1. The summed E-state index contributed by atoms with van der Waals surface area (Å²) in [5.41, 5.74) is 0.736. The average molecular weight is 312 g/mol. The lowest BCUT2D eigenvalue weighted by molar-refractivity contribution is -0.384. The predicted octanol–water partition coefficient (Wildman–Crippen LogP) is 2.29. The number of nitrogens with zero attached hydrogens (tertiary/aromatic N) is 2. The highest BCUT2D eigenvalue weighted by atomic mass is 16.6. The third kappa shape index (κ3) is 2.09. The van der Waals surface area contributed by atoms with Crippen molar-refractivity contribution in [1.29, 1.82) is 0 Å². The molecule has 1 heterocycles. The standard InChI is InChI=1S/C17H16N2O4/c20-16-14-11-3-4-12(6-5-11)15(14)17(21)18(16)9-10-1-7-13(8-2-10)19(22)23/h1-4,7-8,11-12,14-15H,5-6,9H2/t11-,12+,14-,15+. The van der Waals surface area contributed by atoms with Crippen molar-refractivity contribution in [3.63, 3.8) is 0 Å². The number of hydrogen-bond donors (Lipinski definition) is 0. The summed E-state index contributed by atoms with van der Waals surface area (Å²) in [6.45, 7) is 0.197. The van der Waals surface area contributed by atoms with Crippen molar-refractivity contribution in [3.05, 3.63) is 52.1 Å². The van der Waals surface area contributed by atoms with Crippen LogP contribution < -0.4 is 0 Å². The van der Waals surface area contributed by atoms with Crippen molar-refractivity contribution in [2.24, 2.45) is 23.7 Å². The van der Waals surface area contributed by atoms with Crippen LogP contribution in [0.5, 0.6) is 0 Å². The molecule has 1 aliphatic heterocycles. The van der Waals surface area contributed by atoms with Gasteiger partial charge in [0.15, 0.2) is 0 Å². The van der Waals surface area contributed by atoms with E-state index in [1.807, 2.05) is 0 Å². The van der Waals surface area contributed by atoms with Crippen LogP contribution in [0, 0.1) is 33.8 Å². The van der Waals surface area contributed by atoms with Crippen molar-refractivity contribution in [3.8, 4) is 0 Å². The van der Waals surface area contributed by atoms with Gasteiger partial charge in [-0.2, -0.15) is 0 Å². The van der Waals surface area contributed by atoms with Crippen LogP contribution in [0.1, 0.15) is 18.4 Å². The topological polar surface area (TPSA) is 80.5 Å². The van der Waals surface area contributed by atoms with E-state index in [9.17, 15) is 19.7 Å². The first kappa shape index (κ1) is 14.1. The van der Waals surface area contributed by atoms with Gasteiger partial charge >= 0.3 is 0 Å². The van der Waals surface area contributed by atoms with E-state index in [4.69, 9.17) is 0 Å². The molecular formula is C17H16N2O4. The van der Waals surface area contributed by atoms with Gasteiger partial charge in [-0.3, -0.25) is 24.6 Å². The number of rotatable bonds is 3. The lowest BCUT2D eigenvalue weighted by Crippen LogP contribution is -2.38. The highest BCUT2D eigenvalue weighted by Gasteiger charge is 2.56. The number of amides is 2. The van der Waals surface area contributed by atoms with E-state index in [2.05, 4.69) is 12.2 Å². The van der Waals surface area contributed by atoms with Gasteiger partial charge in [-0.05, 0) is 30.2 Å². The number of imide groups is 1. The van der Waals surface area contributed by atoms with Gasteiger partial charge in [0.25, 0.3) is 5.69 Å². The Bertz CT molecular complexity index is 693. The molecule has 6 heteroatoms. The van der Waals surface area contributed by atoms with E-state index in [1.165, 1.54) is 17.0 Å². The van der Waals surface area contributed by atoms with Gasteiger partial charge in [0.2, 0.25) is 11.8 Å². The Kier molecular flexibility index (Phi) is 3.07. The van der Waals surface area contributed by atoms with Crippen LogP contribution in [0.3, 0.4) is 0 Å². The fraction of sp³-hybridized carbons (Fsp3) is 0.412. The summed E-state index contributed by atoms with van der Waals surface area (Å²) in [5, 5.41) is 10.7. The molecule has 2 amide bonds. The largest absolute Gasteiger partial charge is 0.278 e. The Morgan fingerprint density at radius 1 is 1.00 bits per heavy atom. The van der Waals surface area contributed by atoms with Crippen LogP contribution in [0.25, 0.3) is 0 Å². The summed E-state index contributed by atoms with van der Waals surface area (Å²) in [7, 11) is 0. The Morgan fingerprint density at radius 3 is 1.96 bits per heavy atom. The van der Waals surface area contributed by atoms with Gasteiger partial charge in [0, 0.05) is 12.1 Å². The fourth-order valence-corrected chi connectivity index (χ4v) is 4.20. The molecule has 3 aliphatic carbocycles. The molecule has 0 N–H and O–H groups in total. The van der Waals surface area contributed by atoms with E-state index in [1.54, 1.807) is 12.1 Å². The highest BCUT2D eigenvalue weighted by molar-refractivity contribution is 6.06. The molecule has 5 rings (SSSR count). The minimum Gasteiger partial charge on any atom is -0.278 e. The van der Waals surface area contributed by atoms with Gasteiger partial charge < -0.3 is 0 Å². The normalized spacial score (nSPS) is 31.6. The van der Waals surface area contributed by atoms with Crippen LogP contribution in [0.15, 0.2) is 36.4 Å². The zero-order chi connectivity index (χ0) is 16.1. The first-order valence-corrected chi connectivity index (χ1v) is 7.83. The van der Waals surface area contributed by atoms with E-state index in [0.717, 1.165) is 18.4 Å². The zero-order valence-electron chi connectivity index (χ0n) is 12.4. The molecule has 1 saturated carbocycles. The number of nitro benzene ring substituents is 1. The lowest BCUT2D eigenvalue weighted by atomic mass is 9.63. The molecule has 1 saturated heterocycles. The second kappa shape index (κ2) is 5.01. The van der Waals surface area contributed by atoms with Crippen molar-refractivity contribution in [2.45, 2.75) is 19.4 Å². The molecule has 0 aromatic heterocycles. The third-order valence-electron chi connectivity index (χ3n) is 5.34. The number of likely N-dealkylation sites (tertiary alicyclic amines) is 1. The monoisotopic (exact) mass is 312 g/mol. The molecule has 0 radical (unpaired) electrons. The first-order valence-electron chi connectivity index (χ1n) is 7.83. The SMILES string of the molecule is O=C1[C@@H]2[C@H](C(=O)N1Cc1ccc([N+](=O)[O-])cc1)[C@@H]1C=C[C@H]2CC1. The number of hydrogen-bond acceptors (Lipinski definition) is 4. The van der Waals surface area contributed by atoms with Gasteiger partial charge in [-0.15, -0.1) is 0 Å². The summed E-state index contributed by atoms with van der Waals surface area (Å²) >= 11 is 0. The molecule has 2 fully saturated rings. The Hall–Kier alpha value is -2.50. The van der Waals surface area contributed by atoms with Crippen LogP contribution >= 0.6 is 0 Å². The van der Waals surface area contributed by atoms with Crippen molar-refractivity contribution < 1.29 is 14.5 Å². The Morgan fingerprint density at radius 2 is 1.52 bits per heavy atom. The predicted molar refractivity (Wildman–Crippen MR) is 81.0 cm³/mol. The molecule has 23 heavy (non-hydrogen) atoms. The van der Waals surface area contributed by atoms with Gasteiger partial charge in [0.05, 0.1) is 23.3 Å². The van der Waals surface area contributed by atoms with Crippen molar-refractivity contribution in [2.75, 3.05) is 0 Å². The summed E-state index contributed by atoms with van der Waals surface area (Å²) < 4.78 is 0. The maximum absolute atomic E-state index is 12.7. The molecule has 1 aromatic carbocycles. The highest BCUT2D eigenvalue weighted by Crippen LogP contribution is 2.49. The zero-order valence-corrected chi connectivity index (χ0v) is 12.4. The van der Waals surface area contributed by atoms with Gasteiger partial charge in [-0.1, -0.05) is 24.3 Å². The smallest absolute Gasteiger partial charge is 0.269 e. The summed E-state index contributed by atoms with van der Waals surface area (Å²) in [6.07, 6.45) is 6.14. The van der Waals surface area contributed by atoms with Crippen molar-refractivity contribution >= 4 is 17.5 Å². The summed E-state index contributed by atoms with van der Waals surface area (Å²) in [6, 6.07) is 6.01. The molecule has 1 aromatic rings. The van der Waals surface area contributed by atoms with Crippen LogP contribution in [0.2, 0.25) is 0 Å². The van der Waals surface area contributed by atoms with Gasteiger partial charge in [-0.25, -0.2) is 0 Å². The average Bonchev–Trinajstić information content (AvgIpc) is 2.83. The van der Waals surface area contributed by atoms with Crippen LogP contribution in [-0.2, 0) is 16.1 Å². The lowest BCUT2D eigenvalue weighted by Gasteiger charge is -2.38. The van der Waals surface area contributed by atoms with Crippen LogP contribution in [0.4, 0.5) is 5.69 Å². The second-order valence-corrected chi connectivity index (χ2v) is 6.53. The summed E-state index contributed by atoms with van der Waals surface area (Å²) in [4.78, 5) is 36.9. The Labute approximate surface area is 132 Å². The number of non-ortho nitro benzene ring substituents is 1. The maximum atomic E-state index is 12.7. The minimum absolute atomic E-state index is 0.00346. The Balaban J connectivity index is 1.57. The van der Waals surface area contributed by atoms with E-state index in [-0.39, 0.29) is 47.7 Å². The fourth-order valence-electron chi connectivity index (χ4n) is 4.20. The number of fused-ring (bicyclic) bond motifs is 1. The molecule has 6 nitrogen and oxygen atoms in total. The second-order valence-electron chi connectivity index (χ2n) is 6.53. The number of benzene rings is 1. The third-order valence-corrected chi connectivity index (χ3v) is 5.34. The molecule has 4 aliphatic rings. The molecule has 4 atom stereocenters. The molecule has 0 unspecified atom stereocenters. The van der Waals surface area contributed by atoms with E-state index in [0.29, 0.717) is 0 Å². The van der Waals surface area contributed by atoms with Crippen LogP contribution in [-0.4, -0.2) is 21.6 Å². The number of carbonyl (C=O) groups excluding carboxylic acids is 2. The quantitative estimate of drug-likeness (QED) is 0.371. The van der Waals surface area contributed by atoms with E-state index < -0.39 is 4.92 Å². The maximum Gasteiger partial charge on any atom is 0.269 e. The van der Waals surface area contributed by atoms with E-state index >= 15 is 0 Å². The minimum atomic E-state index is -0.464. The molecule has 118 valence electrons. The number of allylic oxidation sites excluding steroid dienone is 2. The number of carbonyl (C=O) groups is 2. The van der Waals surface area contributed by atoms with Crippen molar-refractivity contribution in [1.82, 2.24) is 4.90 Å². The summed E-state index contributed by atoms with van der Waals surface area (Å²) in [5.74, 6) is -0.213. The van der Waals surface area contributed by atoms with Gasteiger partial charge in [0.1, 0.15) is 0 Å². The molecule has 2 bridgehead atoms. The molecule has 0 spiro atoms. The molecular weight excluding hydrogens is 296 g/mol. The number of nitro groups is 1.